The SMILES string of the molecule is Cc1ccc(S(=O)(=O)N2CCC(c3nc(C(=O)NCCSCc4ccco4)cs3)CC2)cc1Cl. The maximum absolute atomic E-state index is 13.0. The number of thiazole rings is 1. The molecule has 2 aromatic heterocycles. The minimum Gasteiger partial charge on any atom is -0.468 e. The summed E-state index contributed by atoms with van der Waals surface area (Å²) < 4.78 is 32.8. The van der Waals surface area contributed by atoms with Crippen LogP contribution in [0.2, 0.25) is 5.02 Å². The molecule has 1 aliphatic rings. The van der Waals surface area contributed by atoms with Gasteiger partial charge in [-0.15, -0.1) is 11.3 Å². The molecule has 3 heterocycles. The zero-order valence-electron chi connectivity index (χ0n) is 18.7. The van der Waals surface area contributed by atoms with Crippen molar-refractivity contribution in [2.75, 3.05) is 25.4 Å². The molecule has 3 aromatic rings. The van der Waals surface area contributed by atoms with Gasteiger partial charge < -0.3 is 9.73 Å². The summed E-state index contributed by atoms with van der Waals surface area (Å²) in [6.45, 7) is 3.21. The van der Waals surface area contributed by atoms with Crippen LogP contribution < -0.4 is 5.32 Å². The third kappa shape index (κ3) is 6.04. The van der Waals surface area contributed by atoms with Crippen LogP contribution in [-0.2, 0) is 15.8 Å². The van der Waals surface area contributed by atoms with Crippen LogP contribution in [0, 0.1) is 6.92 Å². The largest absolute Gasteiger partial charge is 0.468 e. The molecule has 1 N–H and O–H groups in total. The molecule has 34 heavy (non-hydrogen) atoms. The topological polar surface area (TPSA) is 92.5 Å². The first kappa shape index (κ1) is 25.2. The average Bonchev–Trinajstić information content (AvgIpc) is 3.53. The summed E-state index contributed by atoms with van der Waals surface area (Å²) in [6, 6.07) is 8.63. The van der Waals surface area contributed by atoms with E-state index in [1.807, 2.05) is 19.1 Å². The molecule has 11 heteroatoms. The van der Waals surface area contributed by atoms with E-state index in [9.17, 15) is 13.2 Å². The third-order valence-corrected chi connectivity index (χ3v) is 9.99. The molecule has 0 spiro atoms. The number of nitrogens with zero attached hydrogens (tertiary/aromatic N) is 2. The summed E-state index contributed by atoms with van der Waals surface area (Å²) in [4.78, 5) is 17.2. The molecule has 182 valence electrons. The summed E-state index contributed by atoms with van der Waals surface area (Å²) in [6.07, 6.45) is 2.98. The van der Waals surface area contributed by atoms with Crippen LogP contribution in [-0.4, -0.2) is 49.0 Å². The highest BCUT2D eigenvalue weighted by molar-refractivity contribution is 7.98. The second kappa shape index (κ2) is 11.3. The van der Waals surface area contributed by atoms with Crippen molar-refractivity contribution >= 4 is 50.6 Å². The van der Waals surface area contributed by atoms with Gasteiger partial charge in [-0.2, -0.15) is 16.1 Å². The Morgan fingerprint density at radius 1 is 1.32 bits per heavy atom. The van der Waals surface area contributed by atoms with E-state index in [1.54, 1.807) is 35.5 Å². The average molecular weight is 540 g/mol. The van der Waals surface area contributed by atoms with E-state index in [0.29, 0.717) is 43.2 Å². The maximum atomic E-state index is 13.0. The van der Waals surface area contributed by atoms with Crippen molar-refractivity contribution in [3.63, 3.8) is 0 Å². The Morgan fingerprint density at radius 2 is 2.12 bits per heavy atom. The van der Waals surface area contributed by atoms with Crippen molar-refractivity contribution in [2.24, 2.45) is 0 Å². The minimum atomic E-state index is -3.58. The maximum Gasteiger partial charge on any atom is 0.270 e. The van der Waals surface area contributed by atoms with Crippen molar-refractivity contribution in [1.82, 2.24) is 14.6 Å². The number of rotatable bonds is 9. The summed E-state index contributed by atoms with van der Waals surface area (Å²) in [5, 5.41) is 6.01. The van der Waals surface area contributed by atoms with Crippen molar-refractivity contribution in [3.8, 4) is 0 Å². The van der Waals surface area contributed by atoms with Crippen molar-refractivity contribution in [3.05, 3.63) is 69.0 Å². The Kier molecular flexibility index (Phi) is 8.36. The molecular weight excluding hydrogens is 514 g/mol. The van der Waals surface area contributed by atoms with Crippen molar-refractivity contribution in [1.29, 1.82) is 0 Å². The molecule has 0 saturated carbocycles. The molecule has 1 fully saturated rings. The molecule has 1 aliphatic heterocycles. The summed E-state index contributed by atoms with van der Waals surface area (Å²) in [5.41, 5.74) is 1.26. The van der Waals surface area contributed by atoms with Crippen LogP contribution in [0.4, 0.5) is 0 Å². The highest BCUT2D eigenvalue weighted by Crippen LogP contribution is 2.33. The van der Waals surface area contributed by atoms with Gasteiger partial charge in [0.2, 0.25) is 10.0 Å². The molecule has 1 amide bonds. The fraction of sp³-hybridized carbons (Fsp3) is 0.391. The molecule has 0 unspecified atom stereocenters. The summed E-state index contributed by atoms with van der Waals surface area (Å²) >= 11 is 9.28. The second-order valence-electron chi connectivity index (χ2n) is 8.05. The molecule has 0 aliphatic carbocycles. The normalized spacial score (nSPS) is 15.5. The molecule has 0 atom stereocenters. The van der Waals surface area contributed by atoms with Gasteiger partial charge in [-0.1, -0.05) is 17.7 Å². The van der Waals surface area contributed by atoms with Crippen LogP contribution >= 0.6 is 34.7 Å². The number of benzene rings is 1. The van der Waals surface area contributed by atoms with Crippen molar-refractivity contribution in [2.45, 2.75) is 36.3 Å². The zero-order chi connectivity index (χ0) is 24.1. The zero-order valence-corrected chi connectivity index (χ0v) is 21.9. The van der Waals surface area contributed by atoms with E-state index in [0.717, 1.165) is 27.8 Å². The summed E-state index contributed by atoms with van der Waals surface area (Å²) in [5.74, 6) is 2.43. The number of nitrogens with one attached hydrogen (secondary N) is 1. The van der Waals surface area contributed by atoms with Gasteiger partial charge in [0.05, 0.1) is 21.9 Å². The molecule has 1 aromatic carbocycles. The molecular formula is C23H26ClN3O4S3. The van der Waals surface area contributed by atoms with Gasteiger partial charge in [0, 0.05) is 41.7 Å². The smallest absolute Gasteiger partial charge is 0.270 e. The molecule has 0 radical (unpaired) electrons. The number of thioether (sulfide) groups is 1. The van der Waals surface area contributed by atoms with Crippen LogP contribution in [0.5, 0.6) is 0 Å². The number of amides is 1. The lowest BCUT2D eigenvalue weighted by Gasteiger charge is -2.30. The lowest BCUT2D eigenvalue weighted by Crippen LogP contribution is -2.37. The van der Waals surface area contributed by atoms with Gasteiger partial charge in [0.15, 0.2) is 0 Å². The minimum absolute atomic E-state index is 0.142. The first-order valence-corrected chi connectivity index (χ1v) is 14.8. The highest BCUT2D eigenvalue weighted by Gasteiger charge is 2.31. The number of hydrogen-bond donors (Lipinski definition) is 1. The van der Waals surface area contributed by atoms with E-state index >= 15 is 0 Å². The fourth-order valence-electron chi connectivity index (χ4n) is 3.70. The van der Waals surface area contributed by atoms with E-state index in [1.165, 1.54) is 21.7 Å². The molecule has 4 rings (SSSR count). The predicted molar refractivity (Wildman–Crippen MR) is 136 cm³/mol. The Morgan fingerprint density at radius 3 is 2.82 bits per heavy atom. The third-order valence-electron chi connectivity index (χ3n) is 5.70. The molecule has 7 nitrogen and oxygen atoms in total. The Hall–Kier alpha value is -1.85. The van der Waals surface area contributed by atoms with Crippen molar-refractivity contribution < 1.29 is 17.6 Å². The monoisotopic (exact) mass is 539 g/mol. The Labute approximate surface area is 213 Å². The molecule has 1 saturated heterocycles. The Bertz CT molecular complexity index is 1220. The standard InChI is InChI=1S/C23H26ClN3O4S3/c1-16-4-5-19(13-20(16)24)34(29,30)27-9-6-17(7-10-27)23-26-21(15-33-23)22(28)25-8-12-32-14-18-3-2-11-31-18/h2-5,11,13,15,17H,6-10,12,14H2,1H3,(H,25,28). The number of carbonyl (C=O) groups excluding carboxylic acids is 1. The predicted octanol–water partition coefficient (Wildman–Crippen LogP) is 4.93. The van der Waals surface area contributed by atoms with Crippen LogP contribution in [0.15, 0.2) is 51.3 Å². The molecule has 0 bridgehead atoms. The quantitative estimate of drug-likeness (QED) is 0.388. The number of aromatic nitrogens is 1. The highest BCUT2D eigenvalue weighted by atomic mass is 35.5. The van der Waals surface area contributed by atoms with Crippen LogP contribution in [0.25, 0.3) is 0 Å². The van der Waals surface area contributed by atoms with Crippen LogP contribution in [0.3, 0.4) is 0 Å². The Balaban J connectivity index is 1.26. The van der Waals surface area contributed by atoms with E-state index < -0.39 is 10.0 Å². The number of sulfonamides is 1. The number of piperidine rings is 1. The van der Waals surface area contributed by atoms with Gasteiger partial charge in [-0.3, -0.25) is 4.79 Å². The van der Waals surface area contributed by atoms with E-state index in [-0.39, 0.29) is 16.7 Å². The van der Waals surface area contributed by atoms with Crippen LogP contribution in [0.1, 0.15) is 45.6 Å². The number of furan rings is 1. The second-order valence-corrected chi connectivity index (χ2v) is 12.4. The summed E-state index contributed by atoms with van der Waals surface area (Å²) in [7, 11) is -3.58. The van der Waals surface area contributed by atoms with Gasteiger partial charge in [0.1, 0.15) is 11.5 Å². The number of aryl methyl sites for hydroxylation is 1. The number of hydrogen-bond acceptors (Lipinski definition) is 7. The van der Waals surface area contributed by atoms with E-state index in [2.05, 4.69) is 10.3 Å². The van der Waals surface area contributed by atoms with E-state index in [4.69, 9.17) is 16.0 Å². The van der Waals surface area contributed by atoms with Gasteiger partial charge in [-0.05, 0) is 49.6 Å². The first-order chi connectivity index (χ1) is 16.3. The number of carbonyl (C=O) groups is 1. The van der Waals surface area contributed by atoms with Gasteiger partial charge in [0.25, 0.3) is 5.91 Å². The van der Waals surface area contributed by atoms with Gasteiger partial charge >= 0.3 is 0 Å². The first-order valence-electron chi connectivity index (χ1n) is 10.9. The lowest BCUT2D eigenvalue weighted by atomic mass is 9.99. The van der Waals surface area contributed by atoms with Gasteiger partial charge in [-0.25, -0.2) is 13.4 Å². The lowest BCUT2D eigenvalue weighted by molar-refractivity contribution is 0.0951. The number of halogens is 1. The fourth-order valence-corrected chi connectivity index (χ4v) is 7.17.